The van der Waals surface area contributed by atoms with Gasteiger partial charge in [-0.2, -0.15) is 0 Å². The Kier molecular flexibility index (Phi) is 10.2. The molecule has 1 aliphatic carbocycles. The lowest BCUT2D eigenvalue weighted by atomic mass is 9.88. The number of halogens is 1. The average molecular weight is 569 g/mol. The van der Waals surface area contributed by atoms with Gasteiger partial charge in [0.15, 0.2) is 0 Å². The number of aliphatic hydroxyl groups excluding tert-OH is 1. The van der Waals surface area contributed by atoms with Crippen LogP contribution in [0.1, 0.15) is 51.5 Å². The molecule has 1 aliphatic heterocycles. The van der Waals surface area contributed by atoms with E-state index in [1.807, 2.05) is 6.92 Å². The molecule has 1 saturated carbocycles. The largest absolute Gasteiger partial charge is 0.488 e. The van der Waals surface area contributed by atoms with Crippen LogP contribution < -0.4 is 15.4 Å². The molecule has 2 aliphatic rings. The second-order valence-corrected chi connectivity index (χ2v) is 11.4. The fourth-order valence-corrected chi connectivity index (χ4v) is 5.44. The molecule has 3 N–H and O–H groups in total. The summed E-state index contributed by atoms with van der Waals surface area (Å²) in [6.07, 6.45) is 4.60. The number of nitrogens with one attached hydrogen (secondary N) is 2. The van der Waals surface area contributed by atoms with Crippen molar-refractivity contribution in [3.8, 4) is 5.75 Å². The molecule has 10 heteroatoms. The summed E-state index contributed by atoms with van der Waals surface area (Å²) >= 11 is 0. The summed E-state index contributed by atoms with van der Waals surface area (Å²) < 4.78 is 19.7. The lowest BCUT2D eigenvalue weighted by Crippen LogP contribution is -2.48. The van der Waals surface area contributed by atoms with Gasteiger partial charge in [0.05, 0.1) is 25.6 Å². The Morgan fingerprint density at radius 2 is 1.78 bits per heavy atom. The third kappa shape index (κ3) is 7.97. The van der Waals surface area contributed by atoms with Crippen molar-refractivity contribution in [2.24, 2.45) is 11.8 Å². The van der Waals surface area contributed by atoms with Crippen molar-refractivity contribution in [2.75, 3.05) is 37.4 Å². The van der Waals surface area contributed by atoms with Crippen molar-refractivity contribution >= 4 is 29.2 Å². The molecule has 0 bridgehead atoms. The summed E-state index contributed by atoms with van der Waals surface area (Å²) in [4.78, 5) is 42.4. The number of aliphatic hydroxyl groups is 1. The van der Waals surface area contributed by atoms with Crippen molar-refractivity contribution in [1.82, 2.24) is 9.80 Å². The highest BCUT2D eigenvalue weighted by Gasteiger charge is 2.32. The zero-order valence-corrected chi connectivity index (χ0v) is 24.1. The second-order valence-electron chi connectivity index (χ2n) is 11.4. The summed E-state index contributed by atoms with van der Waals surface area (Å²) in [5.41, 5.74) is 1.70. The fraction of sp³-hybridized carbons (Fsp3) is 0.516. The average Bonchev–Trinajstić information content (AvgIpc) is 3.01. The molecule has 2 aromatic carbocycles. The van der Waals surface area contributed by atoms with E-state index in [2.05, 4.69) is 10.6 Å². The molecule has 9 nitrogen and oxygen atoms in total. The van der Waals surface area contributed by atoms with Crippen molar-refractivity contribution in [2.45, 2.75) is 64.5 Å². The minimum Gasteiger partial charge on any atom is -0.488 e. The van der Waals surface area contributed by atoms with Crippen molar-refractivity contribution in [3.63, 3.8) is 0 Å². The smallest absolute Gasteiger partial charge is 0.321 e. The number of hydrogen-bond donors (Lipinski definition) is 3. The lowest BCUT2D eigenvalue weighted by Gasteiger charge is -2.34. The van der Waals surface area contributed by atoms with E-state index in [4.69, 9.17) is 4.74 Å². The van der Waals surface area contributed by atoms with Gasteiger partial charge in [-0.05, 0) is 62.2 Å². The molecule has 41 heavy (non-hydrogen) atoms. The molecule has 222 valence electrons. The lowest BCUT2D eigenvalue weighted by molar-refractivity contribution is -0.134. The molecule has 4 rings (SSSR count). The van der Waals surface area contributed by atoms with Crippen LogP contribution in [0.3, 0.4) is 0 Å². The molecule has 1 fully saturated rings. The maximum atomic E-state index is 13.4. The highest BCUT2D eigenvalue weighted by Crippen LogP contribution is 2.30. The van der Waals surface area contributed by atoms with E-state index in [1.54, 1.807) is 37.1 Å². The second kappa shape index (κ2) is 13.8. The van der Waals surface area contributed by atoms with E-state index < -0.39 is 18.0 Å². The van der Waals surface area contributed by atoms with Gasteiger partial charge in [-0.15, -0.1) is 0 Å². The number of likely N-dealkylation sites (N-methyl/N-ethyl adjacent to an activating group) is 1. The molecule has 0 saturated heterocycles. The first-order valence-corrected chi connectivity index (χ1v) is 14.4. The fourth-order valence-electron chi connectivity index (χ4n) is 5.44. The van der Waals surface area contributed by atoms with Gasteiger partial charge >= 0.3 is 6.03 Å². The van der Waals surface area contributed by atoms with Gasteiger partial charge in [-0.3, -0.25) is 9.59 Å². The van der Waals surface area contributed by atoms with Crippen LogP contribution in [0.2, 0.25) is 0 Å². The summed E-state index contributed by atoms with van der Waals surface area (Å²) in [6, 6.07) is 10.1. The number of amides is 4. The molecular formula is C31H41FN4O5. The van der Waals surface area contributed by atoms with Crippen molar-refractivity contribution in [3.05, 3.63) is 53.8 Å². The van der Waals surface area contributed by atoms with Crippen LogP contribution in [-0.2, 0) is 16.0 Å². The Hall–Kier alpha value is -3.66. The van der Waals surface area contributed by atoms with Crippen LogP contribution in [0.25, 0.3) is 0 Å². The molecule has 0 unspecified atom stereocenters. The van der Waals surface area contributed by atoms with Crippen LogP contribution in [0.15, 0.2) is 42.5 Å². The molecule has 0 aromatic heterocycles. The van der Waals surface area contributed by atoms with E-state index >= 15 is 0 Å². The van der Waals surface area contributed by atoms with E-state index in [1.165, 1.54) is 29.2 Å². The van der Waals surface area contributed by atoms with Crippen LogP contribution in [0, 0.1) is 17.7 Å². The van der Waals surface area contributed by atoms with Crippen molar-refractivity contribution < 1.29 is 28.6 Å². The first-order chi connectivity index (χ1) is 19.6. The standard InChI is InChI=1S/C31H41FN4O5/c1-20-17-36(21(2)19-37)29(38)16-23-15-26(33-30(39)22-7-5-4-6-8-22)13-14-27(23)41-28(20)18-35(3)31(40)34-25-11-9-24(32)10-12-25/h9-15,20-22,28,37H,4-8,16-19H2,1-3H3,(H,33,39)(H,34,40)/t20-,21+,28+/m1/s1. The van der Waals surface area contributed by atoms with Crippen molar-refractivity contribution in [1.29, 1.82) is 0 Å². The molecule has 1 heterocycles. The minimum absolute atomic E-state index is 0.00391. The molecule has 4 amide bonds. The first kappa shape index (κ1) is 30.3. The molecular weight excluding hydrogens is 527 g/mol. The highest BCUT2D eigenvalue weighted by atomic mass is 19.1. The number of benzene rings is 2. The predicted molar refractivity (Wildman–Crippen MR) is 155 cm³/mol. The SMILES string of the molecule is C[C@@H]1CN([C@@H](C)CO)C(=O)Cc2cc(NC(=O)C3CCCCC3)ccc2O[C@H]1CN(C)C(=O)Nc1ccc(F)cc1. The Bertz CT molecular complexity index is 1220. The molecule has 3 atom stereocenters. The molecule has 0 radical (unpaired) electrons. The third-order valence-electron chi connectivity index (χ3n) is 8.06. The quantitative estimate of drug-likeness (QED) is 0.450. The van der Waals surface area contributed by atoms with Gasteiger partial charge in [-0.25, -0.2) is 9.18 Å². The maximum Gasteiger partial charge on any atom is 0.321 e. The number of ether oxygens (including phenoxy) is 1. The van der Waals surface area contributed by atoms with Crippen LogP contribution >= 0.6 is 0 Å². The Labute approximate surface area is 241 Å². The maximum absolute atomic E-state index is 13.4. The van der Waals surface area contributed by atoms with E-state index in [-0.39, 0.29) is 49.3 Å². The monoisotopic (exact) mass is 568 g/mol. The van der Waals surface area contributed by atoms with Gasteiger partial charge < -0.3 is 30.3 Å². The highest BCUT2D eigenvalue weighted by molar-refractivity contribution is 5.93. The van der Waals surface area contributed by atoms with Gasteiger partial charge in [0, 0.05) is 42.4 Å². The van der Waals surface area contributed by atoms with Crippen LogP contribution in [0.4, 0.5) is 20.6 Å². The van der Waals surface area contributed by atoms with E-state index in [9.17, 15) is 23.9 Å². The number of nitrogens with zero attached hydrogens (tertiary/aromatic N) is 2. The zero-order valence-electron chi connectivity index (χ0n) is 24.1. The summed E-state index contributed by atoms with van der Waals surface area (Å²) in [5.74, 6) is -0.231. The number of fused-ring (bicyclic) bond motifs is 1. The minimum atomic E-state index is -0.486. The summed E-state index contributed by atoms with van der Waals surface area (Å²) in [7, 11) is 1.64. The van der Waals surface area contributed by atoms with Crippen LogP contribution in [-0.4, -0.2) is 71.6 Å². The van der Waals surface area contributed by atoms with Gasteiger partial charge in [-0.1, -0.05) is 26.2 Å². The van der Waals surface area contributed by atoms with Crippen LogP contribution in [0.5, 0.6) is 5.75 Å². The zero-order chi connectivity index (χ0) is 29.5. The molecule has 0 spiro atoms. The Morgan fingerprint density at radius 1 is 1.10 bits per heavy atom. The Morgan fingerprint density at radius 3 is 2.46 bits per heavy atom. The summed E-state index contributed by atoms with van der Waals surface area (Å²) in [6.45, 7) is 4.10. The number of anilines is 2. The molecule has 2 aromatic rings. The number of rotatable bonds is 7. The third-order valence-corrected chi connectivity index (χ3v) is 8.06. The number of carbonyl (C=O) groups excluding carboxylic acids is 3. The topological polar surface area (TPSA) is 111 Å². The normalized spacial score (nSPS) is 20.5. The van der Waals surface area contributed by atoms with E-state index in [0.29, 0.717) is 29.2 Å². The van der Waals surface area contributed by atoms with Gasteiger partial charge in [0.2, 0.25) is 11.8 Å². The summed E-state index contributed by atoms with van der Waals surface area (Å²) in [5, 5.41) is 15.6. The predicted octanol–water partition coefficient (Wildman–Crippen LogP) is 4.66. The number of hydrogen-bond acceptors (Lipinski definition) is 5. The number of urea groups is 1. The van der Waals surface area contributed by atoms with Gasteiger partial charge in [0.1, 0.15) is 17.7 Å². The first-order valence-electron chi connectivity index (χ1n) is 14.4. The Balaban J connectivity index is 1.55. The van der Waals surface area contributed by atoms with E-state index in [0.717, 1.165) is 32.1 Å². The number of carbonyl (C=O) groups is 3. The van der Waals surface area contributed by atoms with Gasteiger partial charge in [0.25, 0.3) is 0 Å².